The highest BCUT2D eigenvalue weighted by Gasteiger charge is 2.73. The Morgan fingerprint density at radius 1 is 1.47 bits per heavy atom. The van der Waals surface area contributed by atoms with Crippen molar-refractivity contribution in [1.29, 1.82) is 0 Å². The van der Waals surface area contributed by atoms with Crippen LogP contribution in [0.4, 0.5) is 0 Å². The molecule has 2 saturated carbocycles. The molecule has 6 heteroatoms. The molecule has 1 heterocycles. The Morgan fingerprint density at radius 3 is 2.89 bits per heavy atom. The fourth-order valence-electron chi connectivity index (χ4n) is 3.52. The van der Waals surface area contributed by atoms with E-state index in [2.05, 4.69) is 5.32 Å². The molecule has 0 amide bonds. The zero-order valence-corrected chi connectivity index (χ0v) is 10.4. The van der Waals surface area contributed by atoms with Gasteiger partial charge in [-0.15, -0.1) is 0 Å². The van der Waals surface area contributed by atoms with Gasteiger partial charge in [-0.2, -0.15) is 0 Å². The van der Waals surface area contributed by atoms with Gasteiger partial charge in [0.2, 0.25) is 0 Å². The molecule has 106 valence electrons. The second-order valence-corrected chi connectivity index (χ2v) is 5.54. The largest absolute Gasteiger partial charge is 0.468 e. The average molecular weight is 269 g/mol. The molecule has 0 saturated heterocycles. The molecule has 0 spiro atoms. The summed E-state index contributed by atoms with van der Waals surface area (Å²) in [6.07, 6.45) is -0.738. The summed E-state index contributed by atoms with van der Waals surface area (Å²) in [4.78, 5) is 0. The number of furan rings is 1. The van der Waals surface area contributed by atoms with Crippen molar-refractivity contribution in [3.63, 3.8) is 0 Å². The molecule has 0 radical (unpaired) electrons. The number of aliphatic hydroxyl groups excluding tert-OH is 4. The highest BCUT2D eigenvalue weighted by atomic mass is 16.3. The molecule has 1 aromatic rings. The van der Waals surface area contributed by atoms with Crippen LogP contribution in [0.2, 0.25) is 0 Å². The topological polar surface area (TPSA) is 106 Å². The highest BCUT2D eigenvalue weighted by molar-refractivity contribution is 5.24. The number of nitrogens with one attached hydrogen (secondary N) is 1. The number of rotatable bonds is 5. The Kier molecular flexibility index (Phi) is 3.15. The highest BCUT2D eigenvalue weighted by Crippen LogP contribution is 2.65. The molecule has 0 bridgehead atoms. The quantitative estimate of drug-likeness (QED) is 0.461. The average Bonchev–Trinajstić information content (AvgIpc) is 2.85. The summed E-state index contributed by atoms with van der Waals surface area (Å²) in [6.45, 7) is 0.0639. The molecule has 6 atom stereocenters. The molecule has 2 fully saturated rings. The lowest BCUT2D eigenvalue weighted by molar-refractivity contribution is -0.0658. The maximum absolute atomic E-state index is 10.1. The SMILES string of the molecule is OC[C@@H](O)[C@]12C[C@H]1[C@H](NCc1ccco1)[C@H](O)[C@H]2O. The molecule has 0 aliphatic heterocycles. The van der Waals surface area contributed by atoms with Gasteiger partial charge in [0.15, 0.2) is 0 Å². The van der Waals surface area contributed by atoms with E-state index in [9.17, 15) is 15.3 Å². The fraction of sp³-hybridized carbons (Fsp3) is 0.692. The molecule has 0 unspecified atom stereocenters. The smallest absolute Gasteiger partial charge is 0.117 e. The van der Waals surface area contributed by atoms with Gasteiger partial charge < -0.3 is 30.2 Å². The first kappa shape index (κ1) is 13.1. The molecule has 1 aromatic heterocycles. The van der Waals surface area contributed by atoms with Gasteiger partial charge in [0.05, 0.1) is 37.7 Å². The van der Waals surface area contributed by atoms with Crippen molar-refractivity contribution in [3.05, 3.63) is 24.2 Å². The predicted octanol–water partition coefficient (Wildman–Crippen LogP) is -1.17. The monoisotopic (exact) mass is 269 g/mol. The van der Waals surface area contributed by atoms with Crippen LogP contribution in [0.25, 0.3) is 0 Å². The van der Waals surface area contributed by atoms with Crippen molar-refractivity contribution in [3.8, 4) is 0 Å². The third-order valence-corrected chi connectivity index (χ3v) is 4.66. The summed E-state index contributed by atoms with van der Waals surface area (Å²) in [7, 11) is 0. The van der Waals surface area contributed by atoms with E-state index in [0.29, 0.717) is 13.0 Å². The Bertz CT molecular complexity index is 436. The van der Waals surface area contributed by atoms with Crippen LogP contribution in [-0.2, 0) is 6.54 Å². The van der Waals surface area contributed by atoms with Crippen LogP contribution < -0.4 is 5.32 Å². The Hall–Kier alpha value is -0.920. The van der Waals surface area contributed by atoms with Crippen molar-refractivity contribution in [1.82, 2.24) is 5.32 Å². The molecular formula is C13H19NO5. The van der Waals surface area contributed by atoms with Crippen LogP contribution in [0.3, 0.4) is 0 Å². The van der Waals surface area contributed by atoms with Gasteiger partial charge in [-0.3, -0.25) is 0 Å². The van der Waals surface area contributed by atoms with Crippen LogP contribution in [-0.4, -0.2) is 51.4 Å². The first-order valence-electron chi connectivity index (χ1n) is 6.52. The summed E-state index contributed by atoms with van der Waals surface area (Å²) in [5.74, 6) is 0.733. The van der Waals surface area contributed by atoms with E-state index < -0.39 is 30.3 Å². The van der Waals surface area contributed by atoms with Crippen molar-refractivity contribution in [2.45, 2.75) is 37.3 Å². The number of fused-ring (bicyclic) bond motifs is 1. The van der Waals surface area contributed by atoms with Gasteiger partial charge in [0.1, 0.15) is 5.76 Å². The summed E-state index contributed by atoms with van der Waals surface area (Å²) in [6, 6.07) is 3.32. The molecule has 6 nitrogen and oxygen atoms in total. The minimum absolute atomic E-state index is 0.0189. The standard InChI is InChI=1S/C13H19NO5/c15-6-9(16)13-4-8(13)10(11(17)12(13)18)14-5-7-2-1-3-19-7/h1-3,8-12,14-18H,4-6H2/t8-,9+,10-,11-,12+,13-/m0/s1. The third kappa shape index (κ3) is 1.83. The predicted molar refractivity (Wildman–Crippen MR) is 65.0 cm³/mol. The lowest BCUT2D eigenvalue weighted by Crippen LogP contribution is -2.45. The van der Waals surface area contributed by atoms with Gasteiger partial charge in [0.25, 0.3) is 0 Å². The normalized spacial score (nSPS) is 42.1. The third-order valence-electron chi connectivity index (χ3n) is 4.66. The van der Waals surface area contributed by atoms with Gasteiger partial charge in [0, 0.05) is 11.5 Å². The molecule has 19 heavy (non-hydrogen) atoms. The first-order valence-corrected chi connectivity index (χ1v) is 6.52. The molecule has 5 N–H and O–H groups in total. The molecule has 2 aliphatic rings. The van der Waals surface area contributed by atoms with Crippen molar-refractivity contribution in [2.24, 2.45) is 11.3 Å². The first-order chi connectivity index (χ1) is 9.11. The minimum atomic E-state index is -1.01. The fourth-order valence-corrected chi connectivity index (χ4v) is 3.52. The Labute approximate surface area is 110 Å². The second kappa shape index (κ2) is 4.57. The molecule has 0 aromatic carbocycles. The zero-order valence-electron chi connectivity index (χ0n) is 10.4. The summed E-state index contributed by atoms with van der Waals surface area (Å²) in [5, 5.41) is 42.3. The van der Waals surface area contributed by atoms with Crippen molar-refractivity contribution < 1.29 is 24.8 Å². The second-order valence-electron chi connectivity index (χ2n) is 5.54. The van der Waals surface area contributed by atoms with Crippen LogP contribution in [0.5, 0.6) is 0 Å². The maximum atomic E-state index is 10.1. The molecule has 3 rings (SSSR count). The number of hydrogen-bond donors (Lipinski definition) is 5. The summed E-state index contributed by atoms with van der Waals surface area (Å²) < 4.78 is 5.20. The summed E-state index contributed by atoms with van der Waals surface area (Å²) in [5.41, 5.74) is -0.755. The van der Waals surface area contributed by atoms with Gasteiger partial charge in [-0.1, -0.05) is 0 Å². The van der Waals surface area contributed by atoms with Crippen molar-refractivity contribution >= 4 is 0 Å². The van der Waals surface area contributed by atoms with Gasteiger partial charge in [-0.25, -0.2) is 0 Å². The number of aliphatic hydroxyl groups is 4. The van der Waals surface area contributed by atoms with E-state index >= 15 is 0 Å². The van der Waals surface area contributed by atoms with E-state index in [1.165, 1.54) is 0 Å². The van der Waals surface area contributed by atoms with E-state index in [-0.39, 0.29) is 12.0 Å². The van der Waals surface area contributed by atoms with Gasteiger partial charge in [-0.05, 0) is 24.5 Å². The van der Waals surface area contributed by atoms with Crippen LogP contribution in [0.15, 0.2) is 22.8 Å². The Balaban J connectivity index is 1.68. The Morgan fingerprint density at radius 2 is 2.26 bits per heavy atom. The lowest BCUT2D eigenvalue weighted by Gasteiger charge is -2.26. The maximum Gasteiger partial charge on any atom is 0.117 e. The van der Waals surface area contributed by atoms with Crippen LogP contribution in [0.1, 0.15) is 12.2 Å². The van der Waals surface area contributed by atoms with E-state index in [1.54, 1.807) is 12.3 Å². The van der Waals surface area contributed by atoms with E-state index in [4.69, 9.17) is 9.52 Å². The minimum Gasteiger partial charge on any atom is -0.468 e. The molecular weight excluding hydrogens is 250 g/mol. The van der Waals surface area contributed by atoms with E-state index in [1.807, 2.05) is 6.07 Å². The number of hydrogen-bond acceptors (Lipinski definition) is 6. The zero-order chi connectivity index (χ0) is 13.6. The van der Waals surface area contributed by atoms with Crippen molar-refractivity contribution in [2.75, 3.05) is 6.61 Å². The molecule has 2 aliphatic carbocycles. The summed E-state index contributed by atoms with van der Waals surface area (Å²) >= 11 is 0. The van der Waals surface area contributed by atoms with E-state index in [0.717, 1.165) is 5.76 Å². The lowest BCUT2D eigenvalue weighted by atomic mass is 9.93. The van der Waals surface area contributed by atoms with Gasteiger partial charge >= 0.3 is 0 Å². The van der Waals surface area contributed by atoms with Crippen LogP contribution in [0, 0.1) is 11.3 Å². The van der Waals surface area contributed by atoms with Crippen LogP contribution >= 0.6 is 0 Å².